The van der Waals surface area contributed by atoms with Gasteiger partial charge in [0.2, 0.25) is 5.91 Å². The minimum atomic E-state index is -0.339. The van der Waals surface area contributed by atoms with Gasteiger partial charge in [0.05, 0.1) is 18.1 Å². The van der Waals surface area contributed by atoms with Crippen LogP contribution in [0.3, 0.4) is 0 Å². The van der Waals surface area contributed by atoms with Gasteiger partial charge in [-0.25, -0.2) is 0 Å². The van der Waals surface area contributed by atoms with E-state index in [2.05, 4.69) is 10.6 Å². The maximum Gasteiger partial charge on any atom is 0.224 e. The van der Waals surface area contributed by atoms with Gasteiger partial charge < -0.3 is 15.7 Å². The second kappa shape index (κ2) is 7.19. The molecular formula is C12H23ClN2O2. The summed E-state index contributed by atoms with van der Waals surface area (Å²) in [6.07, 6.45) is 5.66. The summed E-state index contributed by atoms with van der Waals surface area (Å²) in [7, 11) is 0. The van der Waals surface area contributed by atoms with Gasteiger partial charge in [0.25, 0.3) is 0 Å². The lowest BCUT2D eigenvalue weighted by atomic mass is 9.91. The molecule has 1 aliphatic carbocycles. The molecule has 17 heavy (non-hydrogen) atoms. The van der Waals surface area contributed by atoms with Gasteiger partial charge >= 0.3 is 0 Å². The number of amides is 1. The molecule has 1 aliphatic heterocycles. The third-order valence-corrected chi connectivity index (χ3v) is 3.72. The first-order valence-corrected chi connectivity index (χ1v) is 6.46. The maximum absolute atomic E-state index is 11.9. The standard InChI is InChI=1S/C12H22N2O2.ClH/c15-11-6-2-1-5-10(11)14-12(16)9-4-3-7-13-8-9;/h9-11,13,15H,1-8H2,(H,14,16);1H/t9-,10-,11-;/m1./s1. The quantitative estimate of drug-likeness (QED) is 0.691. The number of piperidine rings is 1. The Hall–Kier alpha value is -0.320. The molecule has 1 saturated heterocycles. The van der Waals surface area contributed by atoms with Gasteiger partial charge in [-0.15, -0.1) is 12.4 Å². The number of carbonyl (C=O) groups is 1. The number of nitrogens with one attached hydrogen (secondary N) is 2. The summed E-state index contributed by atoms with van der Waals surface area (Å²) in [4.78, 5) is 11.9. The Balaban J connectivity index is 0.00000144. The Morgan fingerprint density at radius 1 is 1.18 bits per heavy atom. The molecule has 0 bridgehead atoms. The molecule has 0 aromatic rings. The van der Waals surface area contributed by atoms with Crippen molar-refractivity contribution in [2.75, 3.05) is 13.1 Å². The normalized spacial score (nSPS) is 33.6. The average molecular weight is 263 g/mol. The zero-order chi connectivity index (χ0) is 11.4. The summed E-state index contributed by atoms with van der Waals surface area (Å²) in [6, 6.07) is -0.0109. The summed E-state index contributed by atoms with van der Waals surface area (Å²) in [5.74, 6) is 0.223. The molecule has 3 N–H and O–H groups in total. The largest absolute Gasteiger partial charge is 0.391 e. The molecule has 0 spiro atoms. The second-order valence-corrected chi connectivity index (χ2v) is 5.01. The molecule has 0 aromatic heterocycles. The minimum Gasteiger partial charge on any atom is -0.391 e. The maximum atomic E-state index is 11.9. The van der Waals surface area contributed by atoms with Gasteiger partial charge in [0.1, 0.15) is 0 Å². The summed E-state index contributed by atoms with van der Waals surface area (Å²) >= 11 is 0. The van der Waals surface area contributed by atoms with E-state index >= 15 is 0 Å². The van der Waals surface area contributed by atoms with E-state index in [4.69, 9.17) is 0 Å². The van der Waals surface area contributed by atoms with Crippen molar-refractivity contribution < 1.29 is 9.90 Å². The van der Waals surface area contributed by atoms with Crippen molar-refractivity contribution in [2.45, 2.75) is 50.7 Å². The van der Waals surface area contributed by atoms with Gasteiger partial charge in [0, 0.05) is 6.54 Å². The van der Waals surface area contributed by atoms with Crippen molar-refractivity contribution in [2.24, 2.45) is 5.92 Å². The smallest absolute Gasteiger partial charge is 0.224 e. The van der Waals surface area contributed by atoms with E-state index in [0.29, 0.717) is 0 Å². The highest BCUT2D eigenvalue weighted by Crippen LogP contribution is 2.19. The zero-order valence-electron chi connectivity index (χ0n) is 10.2. The monoisotopic (exact) mass is 262 g/mol. The SMILES string of the molecule is Cl.O=C(N[C@@H]1CCCC[C@H]1O)[C@@H]1CCCNC1. The van der Waals surface area contributed by atoms with Crippen molar-refractivity contribution in [3.8, 4) is 0 Å². The molecule has 0 radical (unpaired) electrons. The molecule has 5 heteroatoms. The van der Waals surface area contributed by atoms with Crippen molar-refractivity contribution in [3.63, 3.8) is 0 Å². The molecule has 1 saturated carbocycles. The van der Waals surface area contributed by atoms with Crippen LogP contribution in [0.15, 0.2) is 0 Å². The fourth-order valence-corrected chi connectivity index (χ4v) is 2.66. The number of hydrogen-bond acceptors (Lipinski definition) is 3. The molecule has 4 nitrogen and oxygen atoms in total. The van der Waals surface area contributed by atoms with Crippen LogP contribution in [-0.2, 0) is 4.79 Å². The summed E-state index contributed by atoms with van der Waals surface area (Å²) in [5.41, 5.74) is 0. The fraction of sp³-hybridized carbons (Fsp3) is 0.917. The molecule has 2 aliphatic rings. The molecule has 1 heterocycles. The number of rotatable bonds is 2. The van der Waals surface area contributed by atoms with Crippen LogP contribution in [0.1, 0.15) is 38.5 Å². The van der Waals surface area contributed by atoms with E-state index < -0.39 is 0 Å². The first-order chi connectivity index (χ1) is 7.77. The number of hydrogen-bond donors (Lipinski definition) is 3. The van der Waals surface area contributed by atoms with Crippen molar-refractivity contribution in [1.29, 1.82) is 0 Å². The lowest BCUT2D eigenvalue weighted by molar-refractivity contribution is -0.127. The Kier molecular flexibility index (Phi) is 6.23. The molecule has 2 rings (SSSR count). The summed E-state index contributed by atoms with van der Waals surface area (Å²) in [6.45, 7) is 1.81. The zero-order valence-corrected chi connectivity index (χ0v) is 11.0. The Morgan fingerprint density at radius 2 is 1.94 bits per heavy atom. The van der Waals surface area contributed by atoms with Gasteiger partial charge in [-0.1, -0.05) is 12.8 Å². The van der Waals surface area contributed by atoms with E-state index in [9.17, 15) is 9.90 Å². The highest BCUT2D eigenvalue weighted by Gasteiger charge is 2.28. The van der Waals surface area contributed by atoms with E-state index in [1.807, 2.05) is 0 Å². The Bertz CT molecular complexity index is 245. The van der Waals surface area contributed by atoms with Crippen molar-refractivity contribution in [1.82, 2.24) is 10.6 Å². The first kappa shape index (κ1) is 14.7. The second-order valence-electron chi connectivity index (χ2n) is 5.01. The highest BCUT2D eigenvalue weighted by atomic mass is 35.5. The predicted molar refractivity (Wildman–Crippen MR) is 69.2 cm³/mol. The van der Waals surface area contributed by atoms with Gasteiger partial charge in [-0.3, -0.25) is 4.79 Å². The number of halogens is 1. The van der Waals surface area contributed by atoms with Crippen LogP contribution in [-0.4, -0.2) is 36.2 Å². The highest BCUT2D eigenvalue weighted by molar-refractivity contribution is 5.85. The molecule has 3 atom stereocenters. The minimum absolute atomic E-state index is 0. The number of carbonyl (C=O) groups excluding carboxylic acids is 1. The summed E-state index contributed by atoms with van der Waals surface area (Å²) < 4.78 is 0. The number of aliphatic hydroxyl groups excluding tert-OH is 1. The van der Waals surface area contributed by atoms with Crippen molar-refractivity contribution in [3.05, 3.63) is 0 Å². The van der Waals surface area contributed by atoms with Gasteiger partial charge in [0.15, 0.2) is 0 Å². The van der Waals surface area contributed by atoms with Crippen LogP contribution in [0.25, 0.3) is 0 Å². The summed E-state index contributed by atoms with van der Waals surface area (Å²) in [5, 5.41) is 16.0. The van der Waals surface area contributed by atoms with Gasteiger partial charge in [-0.2, -0.15) is 0 Å². The first-order valence-electron chi connectivity index (χ1n) is 6.46. The topological polar surface area (TPSA) is 61.4 Å². The van der Waals surface area contributed by atoms with Crippen LogP contribution in [0.2, 0.25) is 0 Å². The van der Waals surface area contributed by atoms with Crippen molar-refractivity contribution >= 4 is 18.3 Å². The average Bonchev–Trinajstić information content (AvgIpc) is 2.33. The van der Waals surface area contributed by atoms with Crippen LogP contribution in [0.5, 0.6) is 0 Å². The molecule has 2 fully saturated rings. The van der Waals surface area contributed by atoms with Crippen LogP contribution in [0, 0.1) is 5.92 Å². The van der Waals surface area contributed by atoms with E-state index in [1.54, 1.807) is 0 Å². The number of aliphatic hydroxyl groups is 1. The third-order valence-electron chi connectivity index (χ3n) is 3.72. The Morgan fingerprint density at radius 3 is 2.59 bits per heavy atom. The molecule has 1 amide bonds. The lowest BCUT2D eigenvalue weighted by Gasteiger charge is -2.31. The lowest BCUT2D eigenvalue weighted by Crippen LogP contribution is -2.49. The van der Waals surface area contributed by atoms with E-state index in [0.717, 1.165) is 51.6 Å². The molecule has 100 valence electrons. The Labute approximate surface area is 109 Å². The van der Waals surface area contributed by atoms with E-state index in [-0.39, 0.29) is 36.4 Å². The van der Waals surface area contributed by atoms with E-state index in [1.165, 1.54) is 0 Å². The van der Waals surface area contributed by atoms with Gasteiger partial charge in [-0.05, 0) is 32.2 Å². The fourth-order valence-electron chi connectivity index (χ4n) is 2.66. The van der Waals surface area contributed by atoms with Crippen LogP contribution >= 0.6 is 12.4 Å². The molecule has 0 unspecified atom stereocenters. The third kappa shape index (κ3) is 4.12. The molecular weight excluding hydrogens is 240 g/mol. The molecule has 0 aromatic carbocycles. The predicted octanol–water partition coefficient (Wildman–Crippen LogP) is 0.827. The van der Waals surface area contributed by atoms with Crippen LogP contribution in [0.4, 0.5) is 0 Å². The van der Waals surface area contributed by atoms with Crippen LogP contribution < -0.4 is 10.6 Å².